The van der Waals surface area contributed by atoms with Gasteiger partial charge in [0, 0.05) is 10.6 Å². The van der Waals surface area contributed by atoms with Crippen LogP contribution in [0.4, 0.5) is 10.5 Å². The van der Waals surface area contributed by atoms with Crippen LogP contribution in [0.5, 0.6) is 0 Å². The lowest BCUT2D eigenvalue weighted by Crippen LogP contribution is -2.24. The maximum Gasteiger partial charge on any atom is 0.329 e. The minimum atomic E-state index is -0.896. The van der Waals surface area contributed by atoms with Crippen molar-refractivity contribution in [3.05, 3.63) is 45.8 Å². The number of anilines is 1. The molecule has 1 heterocycles. The number of nitriles is 1. The van der Waals surface area contributed by atoms with E-state index < -0.39 is 5.60 Å². The summed E-state index contributed by atoms with van der Waals surface area (Å²) in [6.07, 6.45) is 0. The summed E-state index contributed by atoms with van der Waals surface area (Å²) < 4.78 is 3.69. The third kappa shape index (κ3) is 5.51. The number of carbonyl (C=O) groups excluding carboxylic acids is 1. The average Bonchev–Trinajstić information content (AvgIpc) is 3.09. The van der Waals surface area contributed by atoms with Gasteiger partial charge >= 0.3 is 6.03 Å². The summed E-state index contributed by atoms with van der Waals surface area (Å²) in [4.78, 5) is 13.4. The summed E-state index contributed by atoms with van der Waals surface area (Å²) >= 11 is 2.66. The predicted octanol–water partition coefficient (Wildman–Crippen LogP) is 5.92. The third-order valence-corrected chi connectivity index (χ3v) is 6.56. The third-order valence-electron chi connectivity index (χ3n) is 4.24. The van der Waals surface area contributed by atoms with Gasteiger partial charge in [-0.25, -0.2) is 4.79 Å². The van der Waals surface area contributed by atoms with E-state index in [2.05, 4.69) is 16.1 Å². The molecule has 0 aliphatic rings. The predicted molar refractivity (Wildman–Crippen MR) is 117 cm³/mol. The molecule has 0 unspecified atom stereocenters. The van der Waals surface area contributed by atoms with Gasteiger partial charge in [0.2, 0.25) is 0 Å². The number of nitrogens with zero attached hydrogens (tertiary/aromatic N) is 1. The highest BCUT2D eigenvalue weighted by Gasteiger charge is 2.20. The quantitative estimate of drug-likeness (QED) is 0.509. The number of nitrogens with one attached hydrogen (secondary N) is 2. The Bertz CT molecular complexity index is 861. The zero-order valence-corrected chi connectivity index (χ0v) is 18.7. The molecule has 1 aromatic heterocycles. The van der Waals surface area contributed by atoms with Gasteiger partial charge < -0.3 is 10.4 Å². The molecule has 0 spiro atoms. The van der Waals surface area contributed by atoms with Gasteiger partial charge in [-0.05, 0) is 73.0 Å². The van der Waals surface area contributed by atoms with Crippen LogP contribution in [0.3, 0.4) is 0 Å². The van der Waals surface area contributed by atoms with E-state index in [1.807, 2.05) is 52.0 Å². The number of carbonyl (C=O) groups is 1. The van der Waals surface area contributed by atoms with Crippen molar-refractivity contribution >= 4 is 35.0 Å². The van der Waals surface area contributed by atoms with Gasteiger partial charge in [0.05, 0.1) is 21.4 Å². The summed E-state index contributed by atoms with van der Waals surface area (Å²) in [5.74, 6) is 0.334. The van der Waals surface area contributed by atoms with Crippen LogP contribution in [0, 0.1) is 11.3 Å². The Hall–Kier alpha value is -2.01. The molecule has 5 nitrogen and oxygen atoms in total. The molecule has 2 aromatic rings. The fraction of sp³-hybridized carbons (Fsp3) is 0.429. The standard InChI is InChI=1S/C21H27N3O2S2/c1-12(2)15-9-14(11-22)10-16(13(3)4)19(15)23-20(25)24-28-18-8-7-17(27-18)21(5,6)26/h7-10,12-13,26H,1-6H3,(H2,23,24,25). The summed E-state index contributed by atoms with van der Waals surface area (Å²) in [7, 11) is 0. The van der Waals surface area contributed by atoms with E-state index in [-0.39, 0.29) is 17.9 Å². The highest BCUT2D eigenvalue weighted by atomic mass is 32.2. The molecule has 1 aromatic carbocycles. The first kappa shape index (κ1) is 22.3. The van der Waals surface area contributed by atoms with Crippen molar-refractivity contribution in [2.45, 2.75) is 63.2 Å². The molecule has 0 bridgehead atoms. The van der Waals surface area contributed by atoms with Crippen molar-refractivity contribution in [1.82, 2.24) is 4.72 Å². The van der Waals surface area contributed by atoms with Crippen LogP contribution < -0.4 is 10.0 Å². The highest BCUT2D eigenvalue weighted by molar-refractivity contribution is 7.99. The van der Waals surface area contributed by atoms with E-state index in [0.29, 0.717) is 5.56 Å². The van der Waals surface area contributed by atoms with E-state index in [9.17, 15) is 15.2 Å². The number of benzene rings is 1. The number of rotatable bonds is 6. The SMILES string of the molecule is CC(C)c1cc(C#N)cc(C(C)C)c1NC(=O)NSc1ccc(C(C)(C)O)s1. The summed E-state index contributed by atoms with van der Waals surface area (Å²) in [6, 6.07) is 9.31. The minimum Gasteiger partial charge on any atom is -0.385 e. The Labute approximate surface area is 175 Å². The molecular weight excluding hydrogens is 390 g/mol. The molecule has 0 saturated carbocycles. The smallest absolute Gasteiger partial charge is 0.329 e. The Balaban J connectivity index is 2.19. The lowest BCUT2D eigenvalue weighted by Gasteiger charge is -2.21. The van der Waals surface area contributed by atoms with E-state index in [0.717, 1.165) is 25.9 Å². The molecule has 0 atom stereocenters. The van der Waals surface area contributed by atoms with Gasteiger partial charge in [0.1, 0.15) is 0 Å². The zero-order chi connectivity index (χ0) is 21.1. The first-order chi connectivity index (χ1) is 13.0. The van der Waals surface area contributed by atoms with Crippen LogP contribution in [0.1, 0.15) is 74.9 Å². The maximum atomic E-state index is 12.5. The topological polar surface area (TPSA) is 85.2 Å². The second-order valence-corrected chi connectivity index (χ2v) is 9.98. The van der Waals surface area contributed by atoms with Gasteiger partial charge in [0.15, 0.2) is 0 Å². The molecule has 0 radical (unpaired) electrons. The van der Waals surface area contributed by atoms with E-state index in [1.165, 1.54) is 23.3 Å². The molecule has 2 amide bonds. The number of hydrogen-bond acceptors (Lipinski definition) is 5. The van der Waals surface area contributed by atoms with Crippen LogP contribution in [-0.2, 0) is 5.60 Å². The van der Waals surface area contributed by atoms with Crippen molar-refractivity contribution < 1.29 is 9.90 Å². The van der Waals surface area contributed by atoms with Crippen molar-refractivity contribution in [2.75, 3.05) is 5.32 Å². The first-order valence-corrected chi connectivity index (χ1v) is 10.8. The number of hydrogen-bond donors (Lipinski definition) is 3. The molecular formula is C21H27N3O2S2. The molecule has 0 aliphatic heterocycles. The molecule has 0 aliphatic carbocycles. The van der Waals surface area contributed by atoms with E-state index in [4.69, 9.17) is 0 Å². The number of aliphatic hydroxyl groups is 1. The van der Waals surface area contributed by atoms with Gasteiger partial charge in [-0.15, -0.1) is 11.3 Å². The van der Waals surface area contributed by atoms with Crippen molar-refractivity contribution in [3.63, 3.8) is 0 Å². The second-order valence-electron chi connectivity index (χ2n) is 7.79. The fourth-order valence-electron chi connectivity index (χ4n) is 2.75. The molecule has 0 saturated heterocycles. The summed E-state index contributed by atoms with van der Waals surface area (Å²) in [5, 5.41) is 22.4. The van der Waals surface area contributed by atoms with Crippen LogP contribution in [0.15, 0.2) is 28.5 Å². The summed E-state index contributed by atoms with van der Waals surface area (Å²) in [6.45, 7) is 11.6. The zero-order valence-electron chi connectivity index (χ0n) is 17.1. The van der Waals surface area contributed by atoms with Crippen molar-refractivity contribution in [1.29, 1.82) is 5.26 Å². The highest BCUT2D eigenvalue weighted by Crippen LogP contribution is 2.35. The minimum absolute atomic E-state index is 0.167. The molecule has 3 N–H and O–H groups in total. The molecule has 7 heteroatoms. The maximum absolute atomic E-state index is 12.5. The van der Waals surface area contributed by atoms with E-state index in [1.54, 1.807) is 13.8 Å². The Morgan fingerprint density at radius 2 is 1.75 bits per heavy atom. The molecule has 2 rings (SSSR count). The normalized spacial score (nSPS) is 11.6. The first-order valence-electron chi connectivity index (χ1n) is 9.17. The summed E-state index contributed by atoms with van der Waals surface area (Å²) in [5.41, 5.74) is 2.37. The van der Waals surface area contributed by atoms with Crippen LogP contribution in [-0.4, -0.2) is 11.1 Å². The van der Waals surface area contributed by atoms with Crippen LogP contribution >= 0.6 is 23.3 Å². The van der Waals surface area contributed by atoms with Crippen LogP contribution in [0.2, 0.25) is 0 Å². The van der Waals surface area contributed by atoms with Crippen molar-refractivity contribution in [3.8, 4) is 6.07 Å². The average molecular weight is 418 g/mol. The van der Waals surface area contributed by atoms with Gasteiger partial charge in [0.25, 0.3) is 0 Å². The van der Waals surface area contributed by atoms with Gasteiger partial charge in [-0.3, -0.25) is 4.72 Å². The monoisotopic (exact) mass is 417 g/mol. The number of urea groups is 1. The molecule has 28 heavy (non-hydrogen) atoms. The number of thiophene rings is 1. The Morgan fingerprint density at radius 3 is 2.18 bits per heavy atom. The Kier molecular flexibility index (Phi) is 7.16. The second kappa shape index (κ2) is 8.99. The van der Waals surface area contributed by atoms with Crippen LogP contribution in [0.25, 0.3) is 0 Å². The number of amides is 2. The van der Waals surface area contributed by atoms with Gasteiger partial charge in [-0.2, -0.15) is 5.26 Å². The van der Waals surface area contributed by atoms with E-state index >= 15 is 0 Å². The molecule has 150 valence electrons. The largest absolute Gasteiger partial charge is 0.385 e. The van der Waals surface area contributed by atoms with Crippen molar-refractivity contribution in [2.24, 2.45) is 0 Å². The van der Waals surface area contributed by atoms with Gasteiger partial charge in [-0.1, -0.05) is 27.7 Å². The Morgan fingerprint density at radius 1 is 1.18 bits per heavy atom. The lowest BCUT2D eigenvalue weighted by atomic mass is 9.90. The lowest BCUT2D eigenvalue weighted by molar-refractivity contribution is 0.0825. The fourth-order valence-corrected chi connectivity index (χ4v) is 4.43. The molecule has 0 fully saturated rings.